The molecule has 34 heavy (non-hydrogen) atoms. The van der Waals surface area contributed by atoms with Gasteiger partial charge < -0.3 is 20.7 Å². The SMILES string of the molecule is O=C(COC(=O)CN1C(=O)NC2(CCCCC2)C1=O)Nc1ccc(NC(=O)c2cccs2)cc1. The van der Waals surface area contributed by atoms with Gasteiger partial charge in [-0.2, -0.15) is 0 Å². The van der Waals surface area contributed by atoms with Crippen molar-refractivity contribution in [1.29, 1.82) is 0 Å². The summed E-state index contributed by atoms with van der Waals surface area (Å²) in [7, 11) is 0. The second kappa shape index (κ2) is 10.0. The minimum atomic E-state index is -0.914. The van der Waals surface area contributed by atoms with E-state index in [1.54, 1.807) is 36.4 Å². The molecule has 4 rings (SSSR count). The van der Waals surface area contributed by atoms with Crippen LogP contribution >= 0.6 is 11.3 Å². The van der Waals surface area contributed by atoms with Crippen molar-refractivity contribution in [2.75, 3.05) is 23.8 Å². The number of anilines is 2. The lowest BCUT2D eigenvalue weighted by molar-refractivity contribution is -0.150. The van der Waals surface area contributed by atoms with Gasteiger partial charge in [-0.1, -0.05) is 25.3 Å². The van der Waals surface area contributed by atoms with Crippen LogP contribution in [0.1, 0.15) is 41.8 Å². The Hall–Kier alpha value is -3.73. The van der Waals surface area contributed by atoms with E-state index in [-0.39, 0.29) is 5.91 Å². The number of rotatable bonds is 7. The van der Waals surface area contributed by atoms with E-state index in [0.717, 1.165) is 24.2 Å². The summed E-state index contributed by atoms with van der Waals surface area (Å²) in [6.07, 6.45) is 3.80. The summed E-state index contributed by atoms with van der Waals surface area (Å²) in [5.41, 5.74) is 0.0956. The number of ether oxygens (including phenoxy) is 1. The van der Waals surface area contributed by atoms with Crippen LogP contribution in [0, 0.1) is 0 Å². The van der Waals surface area contributed by atoms with E-state index in [2.05, 4.69) is 16.0 Å². The number of hydrogen-bond acceptors (Lipinski definition) is 7. The lowest BCUT2D eigenvalue weighted by Crippen LogP contribution is -2.48. The Morgan fingerprint density at radius 3 is 2.32 bits per heavy atom. The topological polar surface area (TPSA) is 134 Å². The summed E-state index contributed by atoms with van der Waals surface area (Å²) < 4.78 is 4.95. The molecule has 1 aromatic carbocycles. The molecule has 1 aliphatic carbocycles. The maximum Gasteiger partial charge on any atom is 0.326 e. The zero-order valence-corrected chi connectivity index (χ0v) is 19.1. The molecule has 1 saturated heterocycles. The molecule has 2 heterocycles. The van der Waals surface area contributed by atoms with E-state index in [9.17, 15) is 24.0 Å². The molecule has 3 N–H and O–H groups in total. The third-order valence-corrected chi connectivity index (χ3v) is 6.64. The molecule has 0 unspecified atom stereocenters. The molecule has 2 aromatic rings. The van der Waals surface area contributed by atoms with Gasteiger partial charge in [-0.3, -0.25) is 24.1 Å². The summed E-state index contributed by atoms with van der Waals surface area (Å²) in [5.74, 6) is -2.06. The van der Waals surface area contributed by atoms with Crippen LogP contribution in [0.4, 0.5) is 16.2 Å². The van der Waals surface area contributed by atoms with Crippen molar-refractivity contribution < 1.29 is 28.7 Å². The number of benzene rings is 1. The number of nitrogens with one attached hydrogen (secondary N) is 3. The van der Waals surface area contributed by atoms with Crippen molar-refractivity contribution in [3.8, 4) is 0 Å². The van der Waals surface area contributed by atoms with Crippen molar-refractivity contribution in [3.63, 3.8) is 0 Å². The third kappa shape index (κ3) is 5.25. The lowest BCUT2D eigenvalue weighted by atomic mass is 9.82. The third-order valence-electron chi connectivity index (χ3n) is 5.78. The van der Waals surface area contributed by atoms with Gasteiger partial charge >= 0.3 is 12.0 Å². The number of hydrogen-bond donors (Lipinski definition) is 3. The number of esters is 1. The second-order valence-electron chi connectivity index (χ2n) is 8.18. The molecule has 2 fully saturated rings. The zero-order valence-electron chi connectivity index (χ0n) is 18.3. The fraction of sp³-hybridized carbons (Fsp3) is 0.348. The molecule has 1 aromatic heterocycles. The highest BCUT2D eigenvalue weighted by Gasteiger charge is 2.51. The summed E-state index contributed by atoms with van der Waals surface area (Å²) in [6, 6.07) is 9.35. The van der Waals surface area contributed by atoms with Crippen molar-refractivity contribution in [3.05, 3.63) is 46.7 Å². The Balaban J connectivity index is 1.22. The predicted molar refractivity (Wildman–Crippen MR) is 124 cm³/mol. The van der Waals surface area contributed by atoms with Crippen LogP contribution in [-0.4, -0.2) is 53.3 Å². The smallest absolute Gasteiger partial charge is 0.326 e. The van der Waals surface area contributed by atoms with E-state index >= 15 is 0 Å². The van der Waals surface area contributed by atoms with Gasteiger partial charge in [-0.25, -0.2) is 4.79 Å². The lowest BCUT2D eigenvalue weighted by Gasteiger charge is -2.30. The summed E-state index contributed by atoms with van der Waals surface area (Å²) in [4.78, 5) is 62.7. The largest absolute Gasteiger partial charge is 0.454 e. The quantitative estimate of drug-likeness (QED) is 0.409. The maximum atomic E-state index is 12.7. The number of nitrogens with zero attached hydrogens (tertiary/aromatic N) is 1. The molecule has 178 valence electrons. The van der Waals surface area contributed by atoms with Crippen LogP contribution in [0.3, 0.4) is 0 Å². The number of carbonyl (C=O) groups is 5. The van der Waals surface area contributed by atoms with Crippen LogP contribution in [0.5, 0.6) is 0 Å². The second-order valence-corrected chi connectivity index (χ2v) is 9.13. The number of imide groups is 1. The minimum Gasteiger partial charge on any atom is -0.454 e. The van der Waals surface area contributed by atoms with Crippen molar-refractivity contribution in [2.24, 2.45) is 0 Å². The summed E-state index contributed by atoms with van der Waals surface area (Å²) in [5, 5.41) is 9.86. The summed E-state index contributed by atoms with van der Waals surface area (Å²) >= 11 is 1.33. The minimum absolute atomic E-state index is 0.224. The fourth-order valence-corrected chi connectivity index (χ4v) is 4.69. The Bertz CT molecular complexity index is 1090. The van der Waals surface area contributed by atoms with Crippen LogP contribution in [0.25, 0.3) is 0 Å². The van der Waals surface area contributed by atoms with Gasteiger partial charge in [0.05, 0.1) is 4.88 Å². The molecule has 0 bridgehead atoms. The van der Waals surface area contributed by atoms with Crippen LogP contribution < -0.4 is 16.0 Å². The zero-order chi connectivity index (χ0) is 24.1. The molecule has 11 heteroatoms. The van der Waals surface area contributed by atoms with Gasteiger partial charge in [0, 0.05) is 11.4 Å². The van der Waals surface area contributed by atoms with E-state index in [1.807, 2.05) is 5.38 Å². The Labute approximate surface area is 199 Å². The first-order valence-electron chi connectivity index (χ1n) is 10.9. The van der Waals surface area contributed by atoms with Crippen LogP contribution in [0.2, 0.25) is 0 Å². The van der Waals surface area contributed by atoms with Crippen LogP contribution in [0.15, 0.2) is 41.8 Å². The average molecular weight is 485 g/mol. The van der Waals surface area contributed by atoms with Gasteiger partial charge in [0.1, 0.15) is 12.1 Å². The molecule has 0 atom stereocenters. The first kappa shape index (κ1) is 23.4. The molecule has 5 amide bonds. The van der Waals surface area contributed by atoms with Gasteiger partial charge in [0.15, 0.2) is 6.61 Å². The van der Waals surface area contributed by atoms with Crippen LogP contribution in [-0.2, 0) is 19.1 Å². The molecule has 10 nitrogen and oxygen atoms in total. The van der Waals surface area contributed by atoms with Gasteiger partial charge in [0.2, 0.25) is 0 Å². The van der Waals surface area contributed by atoms with Gasteiger partial charge in [-0.05, 0) is 48.6 Å². The number of carbonyl (C=O) groups excluding carboxylic acids is 5. The monoisotopic (exact) mass is 484 g/mol. The maximum absolute atomic E-state index is 12.7. The fourth-order valence-electron chi connectivity index (χ4n) is 4.07. The normalized spacial score (nSPS) is 16.8. The molecular weight excluding hydrogens is 460 g/mol. The number of thiophene rings is 1. The summed E-state index contributed by atoms with van der Waals surface area (Å²) in [6.45, 7) is -1.11. The molecule has 0 radical (unpaired) electrons. The van der Waals surface area contributed by atoms with E-state index < -0.39 is 42.5 Å². The standard InChI is InChI=1S/C23H24N4O6S/c28-18(24-15-6-8-16(9-7-15)25-20(30)17-5-4-12-34-17)14-33-19(29)13-27-21(31)23(26-22(27)32)10-2-1-3-11-23/h4-9,12H,1-3,10-11,13-14H2,(H,24,28)(H,25,30)(H,26,32). The molecular formula is C23H24N4O6S. The highest BCUT2D eigenvalue weighted by atomic mass is 32.1. The van der Waals surface area contributed by atoms with Gasteiger partial charge in [-0.15, -0.1) is 11.3 Å². The van der Waals surface area contributed by atoms with Crippen molar-refractivity contribution in [1.82, 2.24) is 10.2 Å². The Morgan fingerprint density at radius 2 is 1.68 bits per heavy atom. The van der Waals surface area contributed by atoms with Gasteiger partial charge in [0.25, 0.3) is 17.7 Å². The van der Waals surface area contributed by atoms with Crippen molar-refractivity contribution in [2.45, 2.75) is 37.6 Å². The highest BCUT2D eigenvalue weighted by molar-refractivity contribution is 7.12. The van der Waals surface area contributed by atoms with E-state index in [4.69, 9.17) is 4.74 Å². The van der Waals surface area contributed by atoms with E-state index in [0.29, 0.717) is 29.1 Å². The van der Waals surface area contributed by atoms with Crippen molar-refractivity contribution >= 4 is 52.4 Å². The van der Waals surface area contributed by atoms with E-state index in [1.165, 1.54) is 11.3 Å². The Kier molecular flexibility index (Phi) is 6.92. The number of amides is 5. The molecule has 2 aliphatic rings. The predicted octanol–water partition coefficient (Wildman–Crippen LogP) is 2.74. The first-order valence-corrected chi connectivity index (χ1v) is 11.8. The first-order chi connectivity index (χ1) is 16.4. The Morgan fingerprint density at radius 1 is 1.00 bits per heavy atom. The average Bonchev–Trinajstić information content (AvgIpc) is 3.44. The molecule has 1 aliphatic heterocycles. The molecule has 1 saturated carbocycles. The highest BCUT2D eigenvalue weighted by Crippen LogP contribution is 2.33. The molecule has 1 spiro atoms. The number of urea groups is 1.